The molecular weight excluding hydrogens is 269 g/mol. The van der Waals surface area contributed by atoms with Crippen LogP contribution in [0.25, 0.3) is 0 Å². The molecule has 0 aliphatic heterocycles. The minimum atomic E-state index is -0.584. The number of anilines is 1. The lowest BCUT2D eigenvalue weighted by Gasteiger charge is -2.09. The zero-order valence-electron chi connectivity index (χ0n) is 10.1. The van der Waals surface area contributed by atoms with Crippen LogP contribution in [0.2, 0.25) is 5.02 Å². The fourth-order valence-electron chi connectivity index (χ4n) is 1.56. The van der Waals surface area contributed by atoms with Gasteiger partial charge in [-0.2, -0.15) is 0 Å². The summed E-state index contributed by atoms with van der Waals surface area (Å²) in [6.07, 6.45) is 0. The van der Waals surface area contributed by atoms with Crippen molar-refractivity contribution in [2.75, 3.05) is 12.4 Å². The van der Waals surface area contributed by atoms with Gasteiger partial charge in [0.05, 0.1) is 23.4 Å². The third kappa shape index (κ3) is 3.03. The largest absolute Gasteiger partial charge is 0.497 e. The smallest absolute Gasteiger partial charge is 0.258 e. The SMILES string of the molecule is COc1ccc(Cl)c(NC(=O)c2ccccc2F)c1. The quantitative estimate of drug-likeness (QED) is 0.929. The summed E-state index contributed by atoms with van der Waals surface area (Å²) in [5.74, 6) is -0.597. The van der Waals surface area contributed by atoms with Gasteiger partial charge in [-0.3, -0.25) is 4.79 Å². The van der Waals surface area contributed by atoms with Crippen LogP contribution in [0.4, 0.5) is 10.1 Å². The summed E-state index contributed by atoms with van der Waals surface area (Å²) in [6.45, 7) is 0. The Labute approximate surface area is 115 Å². The van der Waals surface area contributed by atoms with Gasteiger partial charge in [-0.25, -0.2) is 4.39 Å². The molecule has 0 fully saturated rings. The van der Waals surface area contributed by atoms with Crippen molar-refractivity contribution in [2.45, 2.75) is 0 Å². The van der Waals surface area contributed by atoms with Gasteiger partial charge < -0.3 is 10.1 Å². The van der Waals surface area contributed by atoms with Crippen molar-refractivity contribution >= 4 is 23.2 Å². The molecule has 0 atom stereocenters. The van der Waals surface area contributed by atoms with Crippen LogP contribution in [-0.4, -0.2) is 13.0 Å². The molecule has 5 heteroatoms. The Morgan fingerprint density at radius 1 is 1.26 bits per heavy atom. The Kier molecular flexibility index (Phi) is 4.02. The number of benzene rings is 2. The number of amides is 1. The van der Waals surface area contributed by atoms with Gasteiger partial charge in [0.2, 0.25) is 0 Å². The lowest BCUT2D eigenvalue weighted by Crippen LogP contribution is -2.14. The number of hydrogen-bond acceptors (Lipinski definition) is 2. The van der Waals surface area contributed by atoms with Gasteiger partial charge in [0, 0.05) is 6.07 Å². The molecule has 98 valence electrons. The Morgan fingerprint density at radius 3 is 2.68 bits per heavy atom. The van der Waals surface area contributed by atoms with Crippen molar-refractivity contribution in [1.29, 1.82) is 0 Å². The van der Waals surface area contributed by atoms with Crippen LogP contribution in [0.15, 0.2) is 42.5 Å². The van der Waals surface area contributed by atoms with Crippen molar-refractivity contribution in [3.63, 3.8) is 0 Å². The van der Waals surface area contributed by atoms with Crippen molar-refractivity contribution in [3.8, 4) is 5.75 Å². The number of carbonyl (C=O) groups is 1. The zero-order chi connectivity index (χ0) is 13.8. The van der Waals surface area contributed by atoms with Crippen molar-refractivity contribution in [1.82, 2.24) is 0 Å². The highest BCUT2D eigenvalue weighted by Crippen LogP contribution is 2.27. The molecular formula is C14H11ClFNO2. The van der Waals surface area contributed by atoms with Crippen LogP contribution in [0.1, 0.15) is 10.4 Å². The molecule has 3 nitrogen and oxygen atoms in total. The molecule has 19 heavy (non-hydrogen) atoms. The molecule has 1 N–H and O–H groups in total. The fourth-order valence-corrected chi connectivity index (χ4v) is 1.73. The summed E-state index contributed by atoms with van der Waals surface area (Å²) in [7, 11) is 1.51. The Bertz CT molecular complexity index is 616. The molecule has 0 radical (unpaired) electrons. The molecule has 1 amide bonds. The van der Waals surface area contributed by atoms with E-state index in [0.717, 1.165) is 0 Å². The van der Waals surface area contributed by atoms with E-state index in [1.165, 1.54) is 25.3 Å². The zero-order valence-corrected chi connectivity index (χ0v) is 10.9. The molecule has 2 aromatic rings. The van der Waals surface area contributed by atoms with Crippen LogP contribution >= 0.6 is 11.6 Å². The number of methoxy groups -OCH3 is 1. The molecule has 0 bridgehead atoms. The first-order valence-corrected chi connectivity index (χ1v) is 5.89. The second-order valence-corrected chi connectivity index (χ2v) is 4.19. The van der Waals surface area contributed by atoms with Crippen molar-refractivity contribution in [3.05, 3.63) is 58.9 Å². The van der Waals surface area contributed by atoms with Crippen LogP contribution in [0.5, 0.6) is 5.75 Å². The van der Waals surface area contributed by atoms with Gasteiger partial charge in [-0.15, -0.1) is 0 Å². The van der Waals surface area contributed by atoms with E-state index in [1.54, 1.807) is 24.3 Å². The summed E-state index contributed by atoms with van der Waals surface area (Å²) < 4.78 is 18.5. The van der Waals surface area contributed by atoms with Crippen LogP contribution in [0.3, 0.4) is 0 Å². The molecule has 0 unspecified atom stereocenters. The number of ether oxygens (including phenoxy) is 1. The monoisotopic (exact) mass is 279 g/mol. The topological polar surface area (TPSA) is 38.3 Å². The van der Waals surface area contributed by atoms with E-state index in [9.17, 15) is 9.18 Å². The van der Waals surface area contributed by atoms with Crippen LogP contribution in [-0.2, 0) is 0 Å². The van der Waals surface area contributed by atoms with E-state index in [4.69, 9.17) is 16.3 Å². The molecule has 0 saturated heterocycles. The molecule has 0 aromatic heterocycles. The second kappa shape index (κ2) is 5.71. The number of rotatable bonds is 3. The lowest BCUT2D eigenvalue weighted by molar-refractivity contribution is 0.102. The summed E-state index contributed by atoms with van der Waals surface area (Å²) in [6, 6.07) is 10.6. The number of nitrogens with one attached hydrogen (secondary N) is 1. The number of hydrogen-bond donors (Lipinski definition) is 1. The number of carbonyl (C=O) groups excluding carboxylic acids is 1. The predicted molar refractivity (Wildman–Crippen MR) is 72.4 cm³/mol. The van der Waals surface area contributed by atoms with E-state index in [1.807, 2.05) is 0 Å². The van der Waals surface area contributed by atoms with E-state index >= 15 is 0 Å². The minimum absolute atomic E-state index is 0.0404. The van der Waals surface area contributed by atoms with Gasteiger partial charge >= 0.3 is 0 Å². The second-order valence-electron chi connectivity index (χ2n) is 3.78. The molecule has 0 spiro atoms. The molecule has 2 rings (SSSR count). The van der Waals surface area contributed by atoms with Crippen molar-refractivity contribution < 1.29 is 13.9 Å². The van der Waals surface area contributed by atoms with Gasteiger partial charge in [0.25, 0.3) is 5.91 Å². The van der Waals surface area contributed by atoms with Crippen LogP contribution in [0, 0.1) is 5.82 Å². The summed E-state index contributed by atoms with van der Waals surface area (Å²) in [5.41, 5.74) is 0.329. The first-order chi connectivity index (χ1) is 9.11. The maximum Gasteiger partial charge on any atom is 0.258 e. The average molecular weight is 280 g/mol. The summed E-state index contributed by atoms with van der Waals surface area (Å²) >= 11 is 5.96. The van der Waals surface area contributed by atoms with Gasteiger partial charge in [0.15, 0.2) is 0 Å². The molecule has 0 aliphatic carbocycles. The maximum absolute atomic E-state index is 13.5. The average Bonchev–Trinajstić information content (AvgIpc) is 2.41. The van der Waals surface area contributed by atoms with Gasteiger partial charge in [-0.05, 0) is 24.3 Å². The first-order valence-electron chi connectivity index (χ1n) is 5.51. The lowest BCUT2D eigenvalue weighted by atomic mass is 10.2. The van der Waals surface area contributed by atoms with E-state index in [-0.39, 0.29) is 5.56 Å². The normalized spacial score (nSPS) is 10.1. The Hall–Kier alpha value is -2.07. The van der Waals surface area contributed by atoms with E-state index in [0.29, 0.717) is 16.5 Å². The fraction of sp³-hybridized carbons (Fsp3) is 0.0714. The highest BCUT2D eigenvalue weighted by Gasteiger charge is 2.13. The Balaban J connectivity index is 2.26. The van der Waals surface area contributed by atoms with Gasteiger partial charge in [-0.1, -0.05) is 23.7 Å². The summed E-state index contributed by atoms with van der Waals surface area (Å²) in [5, 5.41) is 2.90. The predicted octanol–water partition coefficient (Wildman–Crippen LogP) is 3.74. The van der Waals surface area contributed by atoms with E-state index < -0.39 is 11.7 Å². The van der Waals surface area contributed by atoms with Crippen LogP contribution < -0.4 is 10.1 Å². The van der Waals surface area contributed by atoms with Crippen molar-refractivity contribution in [2.24, 2.45) is 0 Å². The van der Waals surface area contributed by atoms with Gasteiger partial charge in [0.1, 0.15) is 11.6 Å². The standard InChI is InChI=1S/C14H11ClFNO2/c1-19-9-6-7-11(15)13(8-9)17-14(18)10-4-2-3-5-12(10)16/h2-8H,1H3,(H,17,18). The highest BCUT2D eigenvalue weighted by atomic mass is 35.5. The molecule has 0 aliphatic rings. The highest BCUT2D eigenvalue weighted by molar-refractivity contribution is 6.34. The molecule has 2 aromatic carbocycles. The maximum atomic E-state index is 13.5. The molecule has 0 heterocycles. The molecule has 0 saturated carbocycles. The minimum Gasteiger partial charge on any atom is -0.497 e. The Morgan fingerprint density at radius 2 is 2.00 bits per heavy atom. The van der Waals surface area contributed by atoms with E-state index in [2.05, 4.69) is 5.32 Å². The number of halogens is 2. The third-order valence-corrected chi connectivity index (χ3v) is 2.87. The third-order valence-electron chi connectivity index (χ3n) is 2.54. The summed E-state index contributed by atoms with van der Waals surface area (Å²) in [4.78, 5) is 11.9. The first kappa shape index (κ1) is 13.4.